The largest absolute Gasteiger partial charge is 0.122 e. The van der Waals surface area contributed by atoms with Crippen molar-refractivity contribution >= 4 is 49.9 Å². The first kappa shape index (κ1) is 17.5. The number of rotatable bonds is 7. The second-order valence-electron chi connectivity index (χ2n) is 5.56. The zero-order valence-electron chi connectivity index (χ0n) is 12.7. The zero-order chi connectivity index (χ0) is 15.2. The van der Waals surface area contributed by atoms with Crippen LogP contribution in [0.5, 0.6) is 0 Å². The number of thiophene rings is 1. The number of hydrogen-bond acceptors (Lipinski definition) is 1. The van der Waals surface area contributed by atoms with Gasteiger partial charge >= 0.3 is 0 Å². The molecule has 0 saturated carbocycles. The van der Waals surface area contributed by atoms with Gasteiger partial charge in [0.1, 0.15) is 0 Å². The molecule has 2 aromatic rings. The lowest BCUT2D eigenvalue weighted by atomic mass is 9.91. The molecule has 0 amide bonds. The Morgan fingerprint density at radius 2 is 1.90 bits per heavy atom. The van der Waals surface area contributed by atoms with E-state index >= 15 is 0 Å². The van der Waals surface area contributed by atoms with Crippen LogP contribution in [0.1, 0.15) is 45.1 Å². The van der Waals surface area contributed by atoms with Crippen LogP contribution >= 0.6 is 49.9 Å². The summed E-state index contributed by atoms with van der Waals surface area (Å²) >= 11 is 7.84. The maximum absolute atomic E-state index is 3.67. The average molecular weight is 477 g/mol. The highest BCUT2D eigenvalue weighted by Crippen LogP contribution is 2.36. The predicted molar refractivity (Wildman–Crippen MR) is 107 cm³/mol. The van der Waals surface area contributed by atoms with Crippen molar-refractivity contribution < 1.29 is 0 Å². The maximum atomic E-state index is 3.67. The monoisotopic (exact) mass is 476 g/mol. The molecule has 0 aliphatic carbocycles. The first-order valence-corrected chi connectivity index (χ1v) is 10.4. The second-order valence-corrected chi connectivity index (χ2v) is 9.82. The molecule has 0 aliphatic heterocycles. The van der Waals surface area contributed by atoms with Crippen molar-refractivity contribution in [3.05, 3.63) is 42.6 Å². The Hall–Kier alpha value is 0.130. The van der Waals surface area contributed by atoms with Crippen molar-refractivity contribution in [1.29, 1.82) is 0 Å². The van der Waals surface area contributed by atoms with E-state index in [-0.39, 0.29) is 0 Å². The Kier molecular flexibility index (Phi) is 7.23. The molecule has 1 atom stereocenters. The Labute approximate surface area is 154 Å². The average Bonchev–Trinajstić information content (AvgIpc) is 2.83. The molecule has 2 rings (SSSR count). The van der Waals surface area contributed by atoms with E-state index in [1.54, 1.807) is 11.3 Å². The van der Waals surface area contributed by atoms with Gasteiger partial charge in [-0.2, -0.15) is 0 Å². The summed E-state index contributed by atoms with van der Waals surface area (Å²) in [6, 6.07) is 11.4. The quantitative estimate of drug-likeness (QED) is 0.362. The van der Waals surface area contributed by atoms with E-state index < -0.39 is 0 Å². The van der Waals surface area contributed by atoms with Crippen LogP contribution in [0.15, 0.2) is 34.1 Å². The third kappa shape index (κ3) is 5.07. The van der Waals surface area contributed by atoms with E-state index in [1.807, 2.05) is 0 Å². The summed E-state index contributed by atoms with van der Waals surface area (Å²) in [7, 11) is 0. The van der Waals surface area contributed by atoms with Gasteiger partial charge in [-0.1, -0.05) is 63.8 Å². The van der Waals surface area contributed by atoms with E-state index in [0.29, 0.717) is 0 Å². The van der Waals surface area contributed by atoms with Crippen LogP contribution in [0.3, 0.4) is 0 Å². The minimum atomic E-state index is 0.838. The number of benzene rings is 1. The molecule has 114 valence electrons. The number of halogens is 2. The summed E-state index contributed by atoms with van der Waals surface area (Å²) in [4.78, 5) is 0. The van der Waals surface area contributed by atoms with Crippen LogP contribution in [0.2, 0.25) is 0 Å². The van der Waals surface area contributed by atoms with Gasteiger partial charge in [0.05, 0.1) is 6.67 Å². The lowest BCUT2D eigenvalue weighted by Crippen LogP contribution is -2.03. The first-order chi connectivity index (χ1) is 10.1. The normalized spacial score (nSPS) is 12.6. The van der Waals surface area contributed by atoms with Crippen LogP contribution in [0, 0.1) is 8.80 Å². The zero-order valence-corrected chi connectivity index (χ0v) is 17.2. The van der Waals surface area contributed by atoms with E-state index in [9.17, 15) is 0 Å². The Bertz CT molecular complexity index is 559. The van der Waals surface area contributed by atoms with Crippen LogP contribution in [0.25, 0.3) is 11.1 Å². The fourth-order valence-electron chi connectivity index (χ4n) is 2.63. The van der Waals surface area contributed by atoms with Crippen LogP contribution < -0.4 is 0 Å². The van der Waals surface area contributed by atoms with Gasteiger partial charge in [-0.05, 0) is 68.1 Å². The SMILES string of the molecule is CCCCC(CC)Cc1ccc(-c2cc(I)sc2Br)cc1. The molecule has 0 radical (unpaired) electrons. The lowest BCUT2D eigenvalue weighted by molar-refractivity contribution is 0.449. The molecule has 0 fully saturated rings. The third-order valence-electron chi connectivity index (χ3n) is 3.99. The molecule has 3 heteroatoms. The van der Waals surface area contributed by atoms with E-state index in [1.165, 1.54) is 55.5 Å². The minimum absolute atomic E-state index is 0.838. The molecule has 21 heavy (non-hydrogen) atoms. The van der Waals surface area contributed by atoms with E-state index in [2.05, 4.69) is 82.7 Å². The number of unbranched alkanes of at least 4 members (excludes halogenated alkanes) is 1. The second kappa shape index (κ2) is 8.68. The first-order valence-electron chi connectivity index (χ1n) is 7.68. The summed E-state index contributed by atoms with van der Waals surface area (Å²) in [6.07, 6.45) is 6.54. The van der Waals surface area contributed by atoms with Crippen LogP contribution in [0.4, 0.5) is 0 Å². The fraction of sp³-hybridized carbons (Fsp3) is 0.444. The van der Waals surface area contributed by atoms with E-state index in [4.69, 9.17) is 0 Å². The number of hydrogen-bond donors (Lipinski definition) is 0. The van der Waals surface area contributed by atoms with Crippen molar-refractivity contribution in [3.63, 3.8) is 0 Å². The standard InChI is InChI=1S/C18H22BrIS/c1-3-5-6-13(4-2)11-14-7-9-15(10-8-14)16-12-17(20)21-18(16)19/h7-10,12-13H,3-6,11H2,1-2H3. The Morgan fingerprint density at radius 3 is 2.43 bits per heavy atom. The topological polar surface area (TPSA) is 0 Å². The van der Waals surface area contributed by atoms with Gasteiger partial charge in [-0.3, -0.25) is 0 Å². The van der Waals surface area contributed by atoms with Gasteiger partial charge in [0.25, 0.3) is 0 Å². The highest BCUT2D eigenvalue weighted by molar-refractivity contribution is 14.1. The van der Waals surface area contributed by atoms with Crippen molar-refractivity contribution in [2.75, 3.05) is 0 Å². The Balaban J connectivity index is 2.06. The molecule has 0 spiro atoms. The van der Waals surface area contributed by atoms with Crippen molar-refractivity contribution in [2.45, 2.75) is 46.0 Å². The summed E-state index contributed by atoms with van der Waals surface area (Å²) in [5.41, 5.74) is 4.10. The molecule has 0 N–H and O–H groups in total. The van der Waals surface area contributed by atoms with Crippen molar-refractivity contribution in [1.82, 2.24) is 0 Å². The van der Waals surface area contributed by atoms with Gasteiger partial charge in [-0.15, -0.1) is 11.3 Å². The fourth-order valence-corrected chi connectivity index (χ4v) is 6.02. The predicted octanol–water partition coefficient (Wildman–Crippen LogP) is 7.54. The molecule has 1 unspecified atom stereocenters. The van der Waals surface area contributed by atoms with Crippen LogP contribution in [-0.2, 0) is 6.42 Å². The summed E-state index contributed by atoms with van der Waals surface area (Å²) in [6.45, 7) is 4.60. The van der Waals surface area contributed by atoms with Gasteiger partial charge in [0.2, 0.25) is 0 Å². The van der Waals surface area contributed by atoms with Gasteiger partial charge < -0.3 is 0 Å². The molecule has 0 bridgehead atoms. The highest BCUT2D eigenvalue weighted by atomic mass is 127. The lowest BCUT2D eigenvalue weighted by Gasteiger charge is -2.14. The Morgan fingerprint density at radius 1 is 1.19 bits per heavy atom. The van der Waals surface area contributed by atoms with Crippen molar-refractivity contribution in [2.24, 2.45) is 5.92 Å². The maximum Gasteiger partial charge on any atom is 0.0788 e. The summed E-state index contributed by atoms with van der Waals surface area (Å²) in [5, 5.41) is 0. The molecule has 1 aromatic carbocycles. The smallest absolute Gasteiger partial charge is 0.0788 e. The molecule has 0 nitrogen and oxygen atoms in total. The van der Waals surface area contributed by atoms with Gasteiger partial charge in [0, 0.05) is 5.56 Å². The van der Waals surface area contributed by atoms with Gasteiger partial charge in [0.15, 0.2) is 0 Å². The van der Waals surface area contributed by atoms with Gasteiger partial charge in [-0.25, -0.2) is 0 Å². The molecule has 1 aromatic heterocycles. The molecule has 0 saturated heterocycles. The van der Waals surface area contributed by atoms with Crippen LogP contribution in [-0.4, -0.2) is 0 Å². The molecule has 1 heterocycles. The minimum Gasteiger partial charge on any atom is -0.122 e. The third-order valence-corrected chi connectivity index (χ3v) is 6.59. The highest BCUT2D eigenvalue weighted by Gasteiger charge is 2.10. The van der Waals surface area contributed by atoms with E-state index in [0.717, 1.165) is 5.92 Å². The van der Waals surface area contributed by atoms with Crippen molar-refractivity contribution in [3.8, 4) is 11.1 Å². The molecule has 0 aliphatic rings. The molecular weight excluding hydrogens is 455 g/mol. The summed E-state index contributed by atoms with van der Waals surface area (Å²) < 4.78 is 2.55. The summed E-state index contributed by atoms with van der Waals surface area (Å²) in [5.74, 6) is 0.838. The molecular formula is C18H22BrIS.